The summed E-state index contributed by atoms with van der Waals surface area (Å²) in [7, 11) is 1.82. The van der Waals surface area contributed by atoms with Crippen molar-refractivity contribution in [2.24, 2.45) is 7.05 Å². The number of hydrogen-bond donors (Lipinski definition) is 3. The van der Waals surface area contributed by atoms with E-state index in [1.54, 1.807) is 17.8 Å². The van der Waals surface area contributed by atoms with E-state index in [2.05, 4.69) is 15.7 Å². The molecule has 0 bridgehead atoms. The Balaban J connectivity index is 1.86. The summed E-state index contributed by atoms with van der Waals surface area (Å²) in [5.41, 5.74) is 1.67. The van der Waals surface area contributed by atoms with E-state index >= 15 is 0 Å². The topological polar surface area (TPSA) is 79.2 Å². The molecule has 22 heavy (non-hydrogen) atoms. The second-order valence-electron chi connectivity index (χ2n) is 5.66. The molecule has 1 atom stereocenters. The van der Waals surface area contributed by atoms with Crippen molar-refractivity contribution in [3.63, 3.8) is 0 Å². The number of nitrogens with one attached hydrogen (secondary N) is 2. The fourth-order valence-corrected chi connectivity index (χ4v) is 2.16. The first kappa shape index (κ1) is 16.2. The number of hydrogen-bond acceptors (Lipinski definition) is 4. The molecule has 0 fully saturated rings. The Bertz CT molecular complexity index is 632. The van der Waals surface area contributed by atoms with Crippen molar-refractivity contribution in [3.8, 4) is 0 Å². The average Bonchev–Trinajstić information content (AvgIpc) is 2.87. The number of nitrogens with zero attached hydrogens (tertiary/aromatic N) is 2. The molecule has 2 aromatic rings. The molecule has 1 aromatic carbocycles. The Morgan fingerprint density at radius 2 is 2.05 bits per heavy atom. The summed E-state index contributed by atoms with van der Waals surface area (Å²) in [5, 5.41) is 20.5. The van der Waals surface area contributed by atoms with Crippen LogP contribution in [0, 0.1) is 0 Å². The third-order valence-electron chi connectivity index (χ3n) is 3.40. The molecule has 1 amide bonds. The van der Waals surface area contributed by atoms with E-state index in [-0.39, 0.29) is 5.91 Å². The largest absolute Gasteiger partial charge is 0.384 e. The molecule has 1 aromatic heterocycles. The van der Waals surface area contributed by atoms with Gasteiger partial charge in [0.25, 0.3) is 0 Å². The minimum atomic E-state index is -0.968. The third-order valence-corrected chi connectivity index (χ3v) is 3.40. The lowest BCUT2D eigenvalue weighted by molar-refractivity contribution is -0.114. The van der Waals surface area contributed by atoms with Crippen LogP contribution in [0.5, 0.6) is 0 Å². The monoisotopic (exact) mass is 302 g/mol. The van der Waals surface area contributed by atoms with Crippen molar-refractivity contribution < 1.29 is 9.90 Å². The molecule has 6 nitrogen and oxygen atoms in total. The van der Waals surface area contributed by atoms with Gasteiger partial charge in [0.1, 0.15) is 5.60 Å². The fraction of sp³-hybridized carbons (Fsp3) is 0.375. The third kappa shape index (κ3) is 4.41. The van der Waals surface area contributed by atoms with Crippen molar-refractivity contribution in [2.75, 3.05) is 11.9 Å². The van der Waals surface area contributed by atoms with Crippen LogP contribution in [0.3, 0.4) is 0 Å². The average molecular weight is 302 g/mol. The molecular weight excluding hydrogens is 280 g/mol. The number of aliphatic hydroxyl groups is 1. The SMILES string of the molecule is CC(=O)Nc1ccc(CNCC(C)(O)c2cnn(C)c2)cc1. The highest BCUT2D eigenvalue weighted by Gasteiger charge is 2.23. The molecule has 0 radical (unpaired) electrons. The van der Waals surface area contributed by atoms with Crippen LogP contribution in [0.25, 0.3) is 0 Å². The number of carbonyl (C=O) groups excluding carboxylic acids is 1. The van der Waals surface area contributed by atoms with E-state index in [1.165, 1.54) is 6.92 Å². The lowest BCUT2D eigenvalue weighted by Gasteiger charge is -2.22. The number of anilines is 1. The molecule has 0 saturated carbocycles. The number of rotatable bonds is 6. The molecule has 0 aliphatic rings. The number of aromatic nitrogens is 2. The van der Waals surface area contributed by atoms with Crippen LogP contribution in [-0.4, -0.2) is 27.3 Å². The first-order valence-corrected chi connectivity index (χ1v) is 7.15. The van der Waals surface area contributed by atoms with Gasteiger partial charge in [-0.25, -0.2) is 0 Å². The van der Waals surface area contributed by atoms with E-state index in [0.29, 0.717) is 13.1 Å². The molecule has 0 saturated heterocycles. The standard InChI is InChI=1S/C16H22N4O2/c1-12(21)19-15-6-4-13(5-7-15)8-17-11-16(2,22)14-9-18-20(3)10-14/h4-7,9-10,17,22H,8,11H2,1-3H3,(H,19,21). The first-order valence-electron chi connectivity index (χ1n) is 7.15. The number of carbonyl (C=O) groups is 1. The van der Waals surface area contributed by atoms with Crippen LogP contribution in [0.1, 0.15) is 25.0 Å². The van der Waals surface area contributed by atoms with Gasteiger partial charge in [0, 0.05) is 44.5 Å². The van der Waals surface area contributed by atoms with Gasteiger partial charge in [-0.05, 0) is 24.6 Å². The Hall–Kier alpha value is -2.18. The Labute approximate surface area is 130 Å². The van der Waals surface area contributed by atoms with E-state index < -0.39 is 5.60 Å². The van der Waals surface area contributed by atoms with Crippen molar-refractivity contribution in [1.82, 2.24) is 15.1 Å². The van der Waals surface area contributed by atoms with Gasteiger partial charge in [-0.3, -0.25) is 9.48 Å². The van der Waals surface area contributed by atoms with Crippen molar-refractivity contribution >= 4 is 11.6 Å². The summed E-state index contributed by atoms with van der Waals surface area (Å²) in [4.78, 5) is 11.0. The van der Waals surface area contributed by atoms with Crippen LogP contribution in [0.15, 0.2) is 36.7 Å². The summed E-state index contributed by atoms with van der Waals surface area (Å²) >= 11 is 0. The molecule has 0 aliphatic heterocycles. The second-order valence-corrected chi connectivity index (χ2v) is 5.66. The van der Waals surface area contributed by atoms with Crippen LogP contribution in [0.2, 0.25) is 0 Å². The zero-order valence-corrected chi connectivity index (χ0v) is 13.1. The molecule has 6 heteroatoms. The van der Waals surface area contributed by atoms with Gasteiger partial charge in [-0.2, -0.15) is 5.10 Å². The molecule has 0 spiro atoms. The van der Waals surface area contributed by atoms with Gasteiger partial charge < -0.3 is 15.7 Å². The normalized spacial score (nSPS) is 13.6. The quantitative estimate of drug-likeness (QED) is 0.753. The Kier molecular flexibility index (Phi) is 4.95. The zero-order valence-electron chi connectivity index (χ0n) is 13.1. The molecule has 2 rings (SSSR count). The van der Waals surface area contributed by atoms with Crippen LogP contribution >= 0.6 is 0 Å². The maximum Gasteiger partial charge on any atom is 0.221 e. The highest BCUT2D eigenvalue weighted by Crippen LogP contribution is 2.18. The van der Waals surface area contributed by atoms with Gasteiger partial charge in [-0.15, -0.1) is 0 Å². The maximum atomic E-state index is 11.0. The van der Waals surface area contributed by atoms with Crippen LogP contribution in [0.4, 0.5) is 5.69 Å². The van der Waals surface area contributed by atoms with Crippen molar-refractivity contribution in [2.45, 2.75) is 26.0 Å². The zero-order chi connectivity index (χ0) is 16.2. The maximum absolute atomic E-state index is 11.0. The van der Waals surface area contributed by atoms with Gasteiger partial charge in [0.05, 0.1) is 6.20 Å². The summed E-state index contributed by atoms with van der Waals surface area (Å²) in [6, 6.07) is 7.60. The molecule has 0 aliphatic carbocycles. The highest BCUT2D eigenvalue weighted by molar-refractivity contribution is 5.88. The minimum absolute atomic E-state index is 0.0848. The molecule has 3 N–H and O–H groups in total. The van der Waals surface area contributed by atoms with Crippen molar-refractivity contribution in [3.05, 3.63) is 47.8 Å². The Morgan fingerprint density at radius 1 is 1.36 bits per heavy atom. The highest BCUT2D eigenvalue weighted by atomic mass is 16.3. The van der Waals surface area contributed by atoms with E-state index in [0.717, 1.165) is 16.8 Å². The summed E-state index contributed by atoms with van der Waals surface area (Å²) in [6.07, 6.45) is 3.48. The predicted octanol–water partition coefficient (Wildman–Crippen LogP) is 1.38. The van der Waals surface area contributed by atoms with E-state index in [4.69, 9.17) is 0 Å². The second kappa shape index (κ2) is 6.72. The summed E-state index contributed by atoms with van der Waals surface area (Å²) < 4.78 is 1.67. The van der Waals surface area contributed by atoms with Gasteiger partial charge >= 0.3 is 0 Å². The minimum Gasteiger partial charge on any atom is -0.384 e. The number of amides is 1. The van der Waals surface area contributed by atoms with E-state index in [1.807, 2.05) is 37.5 Å². The summed E-state index contributed by atoms with van der Waals surface area (Å²) in [6.45, 7) is 4.30. The fourth-order valence-electron chi connectivity index (χ4n) is 2.16. The van der Waals surface area contributed by atoms with Gasteiger partial charge in [0.2, 0.25) is 5.91 Å². The lowest BCUT2D eigenvalue weighted by atomic mass is 9.99. The molecular formula is C16H22N4O2. The lowest BCUT2D eigenvalue weighted by Crippen LogP contribution is -2.34. The first-order chi connectivity index (χ1) is 10.4. The van der Waals surface area contributed by atoms with Gasteiger partial charge in [0.15, 0.2) is 0 Å². The van der Waals surface area contributed by atoms with Crippen molar-refractivity contribution in [1.29, 1.82) is 0 Å². The number of aryl methyl sites for hydroxylation is 1. The molecule has 1 heterocycles. The molecule has 1 unspecified atom stereocenters. The summed E-state index contributed by atoms with van der Waals surface area (Å²) in [5.74, 6) is -0.0848. The Morgan fingerprint density at radius 3 is 2.59 bits per heavy atom. The van der Waals surface area contributed by atoms with Crippen LogP contribution in [-0.2, 0) is 24.0 Å². The van der Waals surface area contributed by atoms with Crippen LogP contribution < -0.4 is 10.6 Å². The smallest absolute Gasteiger partial charge is 0.221 e. The predicted molar refractivity (Wildman–Crippen MR) is 85.2 cm³/mol. The molecule has 118 valence electrons. The van der Waals surface area contributed by atoms with Gasteiger partial charge in [-0.1, -0.05) is 12.1 Å². The number of benzene rings is 1. The van der Waals surface area contributed by atoms with E-state index in [9.17, 15) is 9.90 Å².